The second kappa shape index (κ2) is 10.6. The van der Waals surface area contributed by atoms with Crippen molar-refractivity contribution in [2.75, 3.05) is 33.7 Å². The number of para-hydroxylation sites is 1. The fraction of sp³-hybridized carbons (Fsp3) is 0.567. The molecule has 0 radical (unpaired) electrons. The minimum atomic E-state index is -0.863. The Morgan fingerprint density at radius 1 is 1.03 bits per heavy atom. The van der Waals surface area contributed by atoms with Gasteiger partial charge in [-0.25, -0.2) is 4.79 Å². The van der Waals surface area contributed by atoms with Gasteiger partial charge in [0.1, 0.15) is 12.0 Å². The molecule has 1 unspecified atom stereocenters. The van der Waals surface area contributed by atoms with Crippen LogP contribution in [0.1, 0.15) is 56.1 Å². The summed E-state index contributed by atoms with van der Waals surface area (Å²) in [4.78, 5) is 20.1. The van der Waals surface area contributed by atoms with Gasteiger partial charge >= 0.3 is 6.03 Å². The van der Waals surface area contributed by atoms with Gasteiger partial charge in [-0.2, -0.15) is 0 Å². The van der Waals surface area contributed by atoms with Gasteiger partial charge in [0.2, 0.25) is 0 Å². The van der Waals surface area contributed by atoms with Crippen LogP contribution < -0.4 is 5.32 Å². The standard InChI is InChI=1S/C30H42N4O3/c1-32(2)30(25-12-4-3-5-13-25)17-15-29(16-18-30)22-33(28(37)34(29)20-23-9-8-10-23)21-27(36)31-19-24-11-6-7-14-26(24)35/h3-7,11-14,23,27,31,35-36H,8-10,15-22H2,1-2H3/t27?,29-,30+. The number of benzene rings is 2. The van der Waals surface area contributed by atoms with E-state index in [4.69, 9.17) is 0 Å². The van der Waals surface area contributed by atoms with Crippen LogP contribution in [0.15, 0.2) is 54.6 Å². The van der Waals surface area contributed by atoms with Crippen molar-refractivity contribution in [3.63, 3.8) is 0 Å². The monoisotopic (exact) mass is 506 g/mol. The average molecular weight is 507 g/mol. The number of hydrogen-bond acceptors (Lipinski definition) is 5. The van der Waals surface area contributed by atoms with E-state index in [1.165, 1.54) is 24.8 Å². The van der Waals surface area contributed by atoms with Crippen LogP contribution in [-0.2, 0) is 12.1 Å². The number of aromatic hydroxyl groups is 1. The lowest BCUT2D eigenvalue weighted by molar-refractivity contribution is 0.0152. The van der Waals surface area contributed by atoms with Crippen LogP contribution in [0.3, 0.4) is 0 Å². The predicted octanol–water partition coefficient (Wildman–Crippen LogP) is 4.11. The van der Waals surface area contributed by atoms with Gasteiger partial charge in [0.15, 0.2) is 0 Å². The number of carbonyl (C=O) groups is 1. The van der Waals surface area contributed by atoms with Crippen LogP contribution in [0.4, 0.5) is 4.79 Å². The first-order valence-corrected chi connectivity index (χ1v) is 13.8. The summed E-state index contributed by atoms with van der Waals surface area (Å²) in [5.74, 6) is 0.801. The number of nitrogens with one attached hydrogen (secondary N) is 1. The van der Waals surface area contributed by atoms with E-state index in [1.807, 2.05) is 17.0 Å². The molecule has 0 aromatic heterocycles. The summed E-state index contributed by atoms with van der Waals surface area (Å²) in [5, 5.41) is 23.9. The van der Waals surface area contributed by atoms with Crippen LogP contribution in [0.5, 0.6) is 5.75 Å². The maximum absolute atomic E-state index is 13.7. The lowest BCUT2D eigenvalue weighted by atomic mass is 9.68. The van der Waals surface area contributed by atoms with Crippen LogP contribution in [0.25, 0.3) is 0 Å². The third kappa shape index (κ3) is 5.09. The number of rotatable bonds is 9. The number of carbonyl (C=O) groups excluding carboxylic acids is 1. The van der Waals surface area contributed by atoms with E-state index in [0.29, 0.717) is 19.0 Å². The summed E-state index contributed by atoms with van der Waals surface area (Å²) >= 11 is 0. The van der Waals surface area contributed by atoms with Crippen LogP contribution in [0, 0.1) is 5.92 Å². The first-order chi connectivity index (χ1) is 17.8. The Labute approximate surface area is 221 Å². The van der Waals surface area contributed by atoms with E-state index >= 15 is 0 Å². The predicted molar refractivity (Wildman–Crippen MR) is 145 cm³/mol. The molecule has 200 valence electrons. The highest BCUT2D eigenvalue weighted by Crippen LogP contribution is 2.49. The van der Waals surface area contributed by atoms with Gasteiger partial charge in [-0.05, 0) is 70.2 Å². The largest absolute Gasteiger partial charge is 0.508 e. The number of amides is 2. The van der Waals surface area contributed by atoms with Crippen LogP contribution >= 0.6 is 0 Å². The van der Waals surface area contributed by atoms with Crippen molar-refractivity contribution >= 4 is 6.03 Å². The molecule has 2 aromatic carbocycles. The lowest BCUT2D eigenvalue weighted by Crippen LogP contribution is -2.56. The Morgan fingerprint density at radius 2 is 1.70 bits per heavy atom. The molecule has 2 aromatic rings. The highest BCUT2D eigenvalue weighted by molar-refractivity contribution is 5.78. The molecule has 7 heteroatoms. The van der Waals surface area contributed by atoms with Crippen molar-refractivity contribution in [2.24, 2.45) is 5.92 Å². The second-order valence-electron chi connectivity index (χ2n) is 11.6. The molecular weight excluding hydrogens is 464 g/mol. The SMILES string of the molecule is CN(C)[C@]1(c2ccccc2)CC[C@]2(CC1)CN(CC(O)NCc1ccccc1O)C(=O)N2CC1CCC1. The molecule has 0 bridgehead atoms. The van der Waals surface area contributed by atoms with Gasteiger partial charge < -0.3 is 20.0 Å². The number of aliphatic hydroxyl groups excluding tert-OH is 1. The van der Waals surface area contributed by atoms with E-state index < -0.39 is 6.23 Å². The quantitative estimate of drug-likeness (QED) is 0.446. The molecular formula is C30H42N4O3. The summed E-state index contributed by atoms with van der Waals surface area (Å²) in [7, 11) is 4.35. The van der Waals surface area contributed by atoms with Gasteiger partial charge in [0.05, 0.1) is 12.1 Å². The molecule has 7 nitrogen and oxygen atoms in total. The number of phenols is 1. The van der Waals surface area contributed by atoms with Crippen LogP contribution in [-0.4, -0.2) is 76.4 Å². The van der Waals surface area contributed by atoms with Gasteiger partial charge in [-0.3, -0.25) is 10.2 Å². The summed E-state index contributed by atoms with van der Waals surface area (Å²) in [5.41, 5.74) is 1.87. The van der Waals surface area contributed by atoms with Crippen LogP contribution in [0.2, 0.25) is 0 Å². The summed E-state index contributed by atoms with van der Waals surface area (Å²) in [6.07, 6.45) is 6.72. The molecule has 3 aliphatic rings. The first kappa shape index (κ1) is 26.0. The van der Waals surface area contributed by atoms with Gasteiger partial charge in [0, 0.05) is 30.7 Å². The zero-order chi connectivity index (χ0) is 26.0. The lowest BCUT2D eigenvalue weighted by Gasteiger charge is -2.51. The van der Waals surface area contributed by atoms with Gasteiger partial charge in [0.25, 0.3) is 0 Å². The van der Waals surface area contributed by atoms with E-state index in [0.717, 1.165) is 37.8 Å². The topological polar surface area (TPSA) is 79.3 Å². The van der Waals surface area contributed by atoms with Crippen molar-refractivity contribution < 1.29 is 15.0 Å². The third-order valence-electron chi connectivity index (χ3n) is 9.31. The fourth-order valence-corrected chi connectivity index (χ4v) is 6.69. The number of urea groups is 1. The smallest absolute Gasteiger partial charge is 0.320 e. The normalized spacial score (nSPS) is 27.2. The van der Waals surface area contributed by atoms with E-state index in [1.54, 1.807) is 12.1 Å². The molecule has 2 saturated carbocycles. The zero-order valence-electron chi connectivity index (χ0n) is 22.3. The number of hydrogen-bond donors (Lipinski definition) is 3. The fourth-order valence-electron chi connectivity index (χ4n) is 6.69. The maximum Gasteiger partial charge on any atom is 0.320 e. The Bertz CT molecular complexity index is 1060. The Morgan fingerprint density at radius 3 is 2.32 bits per heavy atom. The van der Waals surface area contributed by atoms with Crippen molar-refractivity contribution in [1.82, 2.24) is 20.0 Å². The van der Waals surface area contributed by atoms with E-state index in [-0.39, 0.29) is 29.4 Å². The molecule has 1 saturated heterocycles. The van der Waals surface area contributed by atoms with Gasteiger partial charge in [-0.15, -0.1) is 0 Å². The molecule has 1 atom stereocenters. The second-order valence-corrected chi connectivity index (χ2v) is 11.6. The molecule has 1 aliphatic heterocycles. The van der Waals surface area contributed by atoms with Gasteiger partial charge in [-0.1, -0.05) is 55.0 Å². The average Bonchev–Trinajstić information content (AvgIpc) is 3.11. The molecule has 2 aliphatic carbocycles. The minimum absolute atomic E-state index is 0.0239. The Balaban J connectivity index is 1.30. The Kier molecular flexibility index (Phi) is 7.48. The van der Waals surface area contributed by atoms with Crippen molar-refractivity contribution in [3.8, 4) is 5.75 Å². The molecule has 37 heavy (non-hydrogen) atoms. The first-order valence-electron chi connectivity index (χ1n) is 13.8. The van der Waals surface area contributed by atoms with Crippen molar-refractivity contribution in [1.29, 1.82) is 0 Å². The summed E-state index contributed by atoms with van der Waals surface area (Å²) in [6, 6.07) is 18.0. The van der Waals surface area contributed by atoms with E-state index in [2.05, 4.69) is 59.5 Å². The molecule has 1 spiro atoms. The third-order valence-corrected chi connectivity index (χ3v) is 9.31. The van der Waals surface area contributed by atoms with Crippen molar-refractivity contribution in [3.05, 3.63) is 65.7 Å². The number of β-amino-alcohol motifs (C(OH)–C–C–N with tert-alkyl or cyclic N) is 1. The highest BCUT2D eigenvalue weighted by Gasteiger charge is 2.55. The zero-order valence-corrected chi connectivity index (χ0v) is 22.3. The number of aliphatic hydroxyl groups is 1. The molecule has 5 rings (SSSR count). The summed E-state index contributed by atoms with van der Waals surface area (Å²) < 4.78 is 0. The highest BCUT2D eigenvalue weighted by atomic mass is 16.3. The maximum atomic E-state index is 13.7. The number of phenolic OH excluding ortho intramolecular Hbond substituents is 1. The number of nitrogens with zero attached hydrogens (tertiary/aromatic N) is 3. The molecule has 3 N–H and O–H groups in total. The molecule has 1 heterocycles. The van der Waals surface area contributed by atoms with E-state index in [9.17, 15) is 15.0 Å². The molecule has 2 amide bonds. The molecule has 3 fully saturated rings. The summed E-state index contributed by atoms with van der Waals surface area (Å²) in [6.45, 7) is 2.07. The minimum Gasteiger partial charge on any atom is -0.508 e. The van der Waals surface area contributed by atoms with Crippen molar-refractivity contribution in [2.45, 2.75) is 68.8 Å². The Hall–Kier alpha value is -2.61.